The highest BCUT2D eigenvalue weighted by Gasteiger charge is 2.64. The highest BCUT2D eigenvalue weighted by atomic mass is 16.4. The van der Waals surface area contributed by atoms with E-state index in [4.69, 9.17) is 0 Å². The molecule has 4 nitrogen and oxygen atoms in total. The Labute approximate surface area is 186 Å². The molecule has 2 N–H and O–H groups in total. The summed E-state index contributed by atoms with van der Waals surface area (Å²) in [5.41, 5.74) is 1.25. The molecule has 7 atom stereocenters. The Hall–Kier alpha value is -1.84. The van der Waals surface area contributed by atoms with E-state index in [0.717, 1.165) is 37.7 Å². The topological polar surface area (TPSA) is 74.6 Å². The van der Waals surface area contributed by atoms with Gasteiger partial charge in [0, 0.05) is 5.92 Å². The number of carboxylic acids is 1. The van der Waals surface area contributed by atoms with Crippen molar-refractivity contribution in [3.05, 3.63) is 29.3 Å². The second-order valence-corrected chi connectivity index (χ2v) is 11.7. The number of carbonyl (C=O) groups is 2. The zero-order chi connectivity index (χ0) is 22.8. The Bertz CT molecular complexity index is 906. The summed E-state index contributed by atoms with van der Waals surface area (Å²) in [5.74, 6) is 1.34. The predicted molar refractivity (Wildman–Crippen MR) is 121 cm³/mol. The molecule has 0 aliphatic heterocycles. The maximum atomic E-state index is 12.4. The van der Waals surface area contributed by atoms with Gasteiger partial charge >= 0.3 is 5.97 Å². The summed E-state index contributed by atoms with van der Waals surface area (Å²) in [6.45, 7) is 11.3. The molecule has 3 aliphatic carbocycles. The fourth-order valence-corrected chi connectivity index (χ4v) is 8.56. The van der Waals surface area contributed by atoms with Crippen LogP contribution in [0.2, 0.25) is 0 Å². The number of carboxylic acid groups (broad SMARTS) is 1. The van der Waals surface area contributed by atoms with Gasteiger partial charge in [0.1, 0.15) is 11.5 Å². The first-order chi connectivity index (χ1) is 14.4. The van der Waals surface area contributed by atoms with Gasteiger partial charge in [0.25, 0.3) is 0 Å². The van der Waals surface area contributed by atoms with Gasteiger partial charge in [-0.15, -0.1) is 0 Å². The summed E-state index contributed by atoms with van der Waals surface area (Å²) < 4.78 is 0. The summed E-state index contributed by atoms with van der Waals surface area (Å²) in [4.78, 5) is 24.0. The van der Waals surface area contributed by atoms with Crippen LogP contribution in [0.5, 0.6) is 5.75 Å². The van der Waals surface area contributed by atoms with Gasteiger partial charge in [-0.3, -0.25) is 4.79 Å². The molecule has 3 aliphatic rings. The number of Topliss-reactive ketones (excluding diaryl/α,β-unsaturated/α-hetero) is 1. The van der Waals surface area contributed by atoms with E-state index in [1.165, 1.54) is 18.6 Å². The van der Waals surface area contributed by atoms with Crippen molar-refractivity contribution in [1.29, 1.82) is 0 Å². The molecule has 31 heavy (non-hydrogen) atoms. The van der Waals surface area contributed by atoms with Crippen LogP contribution in [0.1, 0.15) is 89.1 Å². The van der Waals surface area contributed by atoms with Gasteiger partial charge in [-0.05, 0) is 110 Å². The van der Waals surface area contributed by atoms with E-state index < -0.39 is 5.97 Å². The van der Waals surface area contributed by atoms with E-state index in [9.17, 15) is 19.8 Å². The number of phenols is 1. The Balaban J connectivity index is 1.71. The smallest absolute Gasteiger partial charge is 0.335 e. The molecule has 1 aromatic carbocycles. The van der Waals surface area contributed by atoms with Crippen LogP contribution in [-0.4, -0.2) is 22.0 Å². The Kier molecular flexibility index (Phi) is 5.30. The molecule has 3 fully saturated rings. The van der Waals surface area contributed by atoms with Crippen LogP contribution in [0, 0.1) is 39.9 Å². The quantitative estimate of drug-likeness (QED) is 0.609. The molecule has 0 amide bonds. The molecular formula is C27H38O4. The van der Waals surface area contributed by atoms with Crippen molar-refractivity contribution in [2.45, 2.75) is 79.6 Å². The second kappa shape index (κ2) is 7.35. The first kappa shape index (κ1) is 22.4. The molecule has 0 heterocycles. The molecule has 0 unspecified atom stereocenters. The van der Waals surface area contributed by atoms with Crippen molar-refractivity contribution in [3.63, 3.8) is 0 Å². The number of fused-ring (bicyclic) bond motifs is 3. The van der Waals surface area contributed by atoms with Gasteiger partial charge in [0.15, 0.2) is 0 Å². The van der Waals surface area contributed by atoms with E-state index in [1.54, 1.807) is 13.0 Å². The number of phenolic OH excluding ortho intramolecular Hbond substituents is 1. The maximum Gasteiger partial charge on any atom is 0.335 e. The van der Waals surface area contributed by atoms with Gasteiger partial charge in [-0.25, -0.2) is 4.79 Å². The largest absolute Gasteiger partial charge is 0.508 e. The minimum Gasteiger partial charge on any atom is -0.508 e. The first-order valence-electron chi connectivity index (χ1n) is 12.0. The molecule has 0 radical (unpaired) electrons. The van der Waals surface area contributed by atoms with Crippen molar-refractivity contribution in [2.24, 2.45) is 39.9 Å². The Morgan fingerprint density at radius 3 is 2.32 bits per heavy atom. The van der Waals surface area contributed by atoms with E-state index >= 15 is 0 Å². The average molecular weight is 427 g/mol. The maximum absolute atomic E-state index is 12.4. The van der Waals surface area contributed by atoms with Crippen LogP contribution in [0.4, 0.5) is 0 Å². The molecule has 1 aromatic rings. The summed E-state index contributed by atoms with van der Waals surface area (Å²) in [6, 6.07) is 4.67. The van der Waals surface area contributed by atoms with Gasteiger partial charge in [0.2, 0.25) is 0 Å². The van der Waals surface area contributed by atoms with Crippen LogP contribution in [0.25, 0.3) is 0 Å². The first-order valence-corrected chi connectivity index (χ1v) is 12.0. The van der Waals surface area contributed by atoms with Crippen molar-refractivity contribution in [1.82, 2.24) is 0 Å². The highest BCUT2D eigenvalue weighted by Crippen LogP contribution is 2.71. The van der Waals surface area contributed by atoms with Gasteiger partial charge < -0.3 is 10.2 Å². The molecule has 3 saturated carbocycles. The Morgan fingerprint density at radius 2 is 1.68 bits per heavy atom. The lowest BCUT2D eigenvalue weighted by atomic mass is 9.40. The number of benzene rings is 1. The Morgan fingerprint density at radius 1 is 1.00 bits per heavy atom. The molecule has 0 saturated heterocycles. The zero-order valence-corrected chi connectivity index (χ0v) is 19.7. The molecule has 4 heteroatoms. The van der Waals surface area contributed by atoms with Crippen molar-refractivity contribution in [2.75, 3.05) is 0 Å². The summed E-state index contributed by atoms with van der Waals surface area (Å²) >= 11 is 0. The third kappa shape index (κ3) is 3.24. The van der Waals surface area contributed by atoms with Gasteiger partial charge in [0.05, 0.1) is 5.56 Å². The van der Waals surface area contributed by atoms with Crippen molar-refractivity contribution < 1.29 is 19.8 Å². The average Bonchev–Trinajstić information content (AvgIpc) is 3.05. The zero-order valence-electron chi connectivity index (χ0n) is 19.7. The molecule has 0 aromatic heterocycles. The normalized spacial score (nSPS) is 42.0. The van der Waals surface area contributed by atoms with E-state index in [1.807, 2.05) is 0 Å². The van der Waals surface area contributed by atoms with E-state index in [-0.39, 0.29) is 33.5 Å². The van der Waals surface area contributed by atoms with Crippen LogP contribution >= 0.6 is 0 Å². The number of rotatable bonds is 4. The SMILES string of the molecule is CC(=O)[C@@H]1CC[C@H]2[C@@]3(C)CC[C@@H](C)[C@@](C)(Cc4cc(C(=O)O)ccc4O)[C@H]3CC[C@]21C. The number of hydrogen-bond donors (Lipinski definition) is 2. The highest BCUT2D eigenvalue weighted by molar-refractivity contribution is 5.88. The van der Waals surface area contributed by atoms with Gasteiger partial charge in [-0.2, -0.15) is 0 Å². The minimum atomic E-state index is -0.956. The molecule has 170 valence electrons. The van der Waals surface area contributed by atoms with Gasteiger partial charge in [-0.1, -0.05) is 27.7 Å². The van der Waals surface area contributed by atoms with Crippen molar-refractivity contribution >= 4 is 11.8 Å². The summed E-state index contributed by atoms with van der Waals surface area (Å²) in [5, 5.41) is 20.0. The number of ketones is 1. The van der Waals surface area contributed by atoms with E-state index in [0.29, 0.717) is 30.0 Å². The number of aromatic hydroxyl groups is 1. The summed E-state index contributed by atoms with van der Waals surface area (Å²) in [6.07, 6.45) is 7.38. The van der Waals surface area contributed by atoms with Crippen LogP contribution < -0.4 is 0 Å². The van der Waals surface area contributed by atoms with Crippen molar-refractivity contribution in [3.8, 4) is 5.75 Å². The lowest BCUT2D eigenvalue weighted by Crippen LogP contribution is -2.58. The third-order valence-electron chi connectivity index (χ3n) is 10.3. The van der Waals surface area contributed by atoms with E-state index in [2.05, 4.69) is 27.7 Å². The fourth-order valence-electron chi connectivity index (χ4n) is 8.56. The van der Waals surface area contributed by atoms with Crippen LogP contribution in [0.15, 0.2) is 18.2 Å². The minimum absolute atomic E-state index is 0.0166. The molecular weight excluding hydrogens is 388 g/mol. The van der Waals surface area contributed by atoms with Crippen LogP contribution in [-0.2, 0) is 11.2 Å². The third-order valence-corrected chi connectivity index (χ3v) is 10.3. The second-order valence-electron chi connectivity index (χ2n) is 11.7. The standard InChI is InChI=1S/C27H38O4/c1-16-10-12-26(4)22-9-7-20(17(2)28)25(22,3)13-11-23(26)27(16,5)15-19-14-18(24(30)31)6-8-21(19)29/h6,8,14,16,20,22-23,29H,7,9-13,15H2,1-5H3,(H,30,31)/t16-,20+,22-,23+,25+,26-,27-/m1/s1. The van der Waals surface area contributed by atoms with Crippen LogP contribution in [0.3, 0.4) is 0 Å². The monoisotopic (exact) mass is 426 g/mol. The fraction of sp³-hybridized carbons (Fsp3) is 0.704. The number of aromatic carboxylic acids is 1. The number of hydrogen-bond acceptors (Lipinski definition) is 3. The summed E-state index contributed by atoms with van der Waals surface area (Å²) in [7, 11) is 0. The molecule has 4 rings (SSSR count). The molecule has 0 bridgehead atoms. The number of carbonyl (C=O) groups excluding carboxylic acids is 1. The molecule has 0 spiro atoms. The lowest BCUT2D eigenvalue weighted by Gasteiger charge is -2.64. The predicted octanol–water partition coefficient (Wildman–Crippen LogP) is 6.11. The lowest BCUT2D eigenvalue weighted by molar-refractivity contribution is -0.155.